The van der Waals surface area contributed by atoms with Crippen LogP contribution in [0.2, 0.25) is 0 Å². The molecule has 1 heterocycles. The number of nitrogens with zero attached hydrogens (tertiary/aromatic N) is 2. The minimum Gasteiger partial charge on any atom is -0.376 e. The first-order valence-corrected chi connectivity index (χ1v) is 8.00. The largest absolute Gasteiger partial charge is 0.484 e. The van der Waals surface area contributed by atoms with Gasteiger partial charge in [0.2, 0.25) is 0 Å². The molecule has 0 saturated carbocycles. The van der Waals surface area contributed by atoms with Crippen LogP contribution in [0.15, 0.2) is 18.7 Å². The molecule has 5 nitrogen and oxygen atoms in total. The first-order valence-electron chi connectivity index (χ1n) is 6.58. The van der Waals surface area contributed by atoms with Gasteiger partial charge in [0.05, 0.1) is 6.33 Å². The van der Waals surface area contributed by atoms with Gasteiger partial charge in [-0.25, -0.2) is 4.98 Å². The number of hydrogen-bond acceptors (Lipinski definition) is 4. The van der Waals surface area contributed by atoms with E-state index in [2.05, 4.69) is 16.5 Å². The minimum atomic E-state index is -1.73. The summed E-state index contributed by atoms with van der Waals surface area (Å²) in [5.74, 6) is 0. The molecule has 0 aliphatic carbocycles. The lowest BCUT2D eigenvalue weighted by atomic mass is 10.5. The third-order valence-electron chi connectivity index (χ3n) is 1.95. The zero-order chi connectivity index (χ0) is 13.6. The molecule has 0 radical (unpaired) electrons. The highest BCUT2D eigenvalue weighted by atomic mass is 28.3. The molecule has 0 aliphatic heterocycles. The van der Waals surface area contributed by atoms with Crippen molar-refractivity contribution >= 4 is 9.53 Å². The van der Waals surface area contributed by atoms with Gasteiger partial charge in [0.25, 0.3) is 0 Å². The normalized spacial score (nSPS) is 10.3. The first kappa shape index (κ1) is 17.3. The van der Waals surface area contributed by atoms with Crippen molar-refractivity contribution in [3.05, 3.63) is 18.7 Å². The van der Waals surface area contributed by atoms with Crippen molar-refractivity contribution in [3.63, 3.8) is 0 Å². The van der Waals surface area contributed by atoms with Crippen molar-refractivity contribution in [1.29, 1.82) is 0 Å². The summed E-state index contributed by atoms with van der Waals surface area (Å²) in [6, 6.07) is 0. The Morgan fingerprint density at radius 1 is 1.00 bits per heavy atom. The summed E-state index contributed by atoms with van der Waals surface area (Å²) in [6.45, 7) is 11.1. The van der Waals surface area contributed by atoms with Gasteiger partial charge in [-0.3, -0.25) is 0 Å². The molecular weight excluding hydrogens is 248 g/mol. The summed E-state index contributed by atoms with van der Waals surface area (Å²) in [7, 11) is -1.73. The Labute approximate surface area is 112 Å². The predicted molar refractivity (Wildman–Crippen MR) is 74.5 cm³/mol. The molecule has 0 spiro atoms. The van der Waals surface area contributed by atoms with Crippen LogP contribution < -0.4 is 0 Å². The van der Waals surface area contributed by atoms with E-state index in [1.165, 1.54) is 6.42 Å². The van der Waals surface area contributed by atoms with Crippen LogP contribution in [0.1, 0.15) is 34.1 Å². The maximum Gasteiger partial charge on any atom is 0.484 e. The summed E-state index contributed by atoms with van der Waals surface area (Å²) in [5.41, 5.74) is 0. The van der Waals surface area contributed by atoms with Gasteiger partial charge in [-0.15, -0.1) is 0 Å². The van der Waals surface area contributed by atoms with Crippen LogP contribution in [0.4, 0.5) is 0 Å². The molecular formula is C12H26N2O3Si. The Morgan fingerprint density at radius 3 is 1.89 bits per heavy atom. The molecule has 1 rings (SSSR count). The predicted octanol–water partition coefficient (Wildman–Crippen LogP) is 2.11. The van der Waals surface area contributed by atoms with Crippen LogP contribution >= 0.6 is 0 Å². The summed E-state index contributed by atoms with van der Waals surface area (Å²) in [5, 5.41) is 0. The Balaban J connectivity index is 0.000000327. The van der Waals surface area contributed by atoms with Crippen molar-refractivity contribution < 1.29 is 13.3 Å². The van der Waals surface area contributed by atoms with Gasteiger partial charge in [0.15, 0.2) is 0 Å². The first-order chi connectivity index (χ1) is 8.78. The second-order valence-electron chi connectivity index (χ2n) is 3.46. The molecule has 6 heteroatoms. The Kier molecular flexibility index (Phi) is 12.3. The molecule has 0 saturated heterocycles. The fraction of sp³-hybridized carbons (Fsp3) is 0.750. The molecule has 0 amide bonds. The summed E-state index contributed by atoms with van der Waals surface area (Å²) < 4.78 is 17.7. The van der Waals surface area contributed by atoms with Gasteiger partial charge in [0.1, 0.15) is 0 Å². The standard InChI is InChI=1S/C6H10N2.C6H16O3Si/c1-2-4-8-5-3-7-6-8;1-4-7-10(8-5-2)9-6-3/h3,5-6H,2,4H2,1H3;10H,4-6H2,1-3H3. The zero-order valence-electron chi connectivity index (χ0n) is 12.0. The maximum absolute atomic E-state index is 5.22. The van der Waals surface area contributed by atoms with Crippen molar-refractivity contribution in [2.24, 2.45) is 0 Å². The molecule has 0 fully saturated rings. The minimum absolute atomic E-state index is 0.677. The van der Waals surface area contributed by atoms with E-state index in [0.29, 0.717) is 19.8 Å². The lowest BCUT2D eigenvalue weighted by molar-refractivity contribution is 0.107. The third-order valence-corrected chi connectivity index (χ3v) is 3.77. The lowest BCUT2D eigenvalue weighted by Crippen LogP contribution is -2.27. The Bertz CT molecular complexity index is 244. The molecule has 0 N–H and O–H groups in total. The smallest absolute Gasteiger partial charge is 0.376 e. The molecule has 0 aromatic carbocycles. The zero-order valence-corrected chi connectivity index (χ0v) is 13.1. The molecule has 106 valence electrons. The van der Waals surface area contributed by atoms with Gasteiger partial charge in [-0.2, -0.15) is 0 Å². The van der Waals surface area contributed by atoms with E-state index in [1.54, 1.807) is 6.20 Å². The van der Waals surface area contributed by atoms with Crippen molar-refractivity contribution in [3.8, 4) is 0 Å². The average molecular weight is 274 g/mol. The van der Waals surface area contributed by atoms with Crippen molar-refractivity contribution in [1.82, 2.24) is 9.55 Å². The highest BCUT2D eigenvalue weighted by Crippen LogP contribution is 1.91. The Hall–Kier alpha value is -0.693. The van der Waals surface area contributed by atoms with Gasteiger partial charge < -0.3 is 17.8 Å². The summed E-state index contributed by atoms with van der Waals surface area (Å²) >= 11 is 0. The monoisotopic (exact) mass is 274 g/mol. The molecule has 18 heavy (non-hydrogen) atoms. The number of aryl methyl sites for hydroxylation is 1. The third kappa shape index (κ3) is 9.35. The van der Waals surface area contributed by atoms with Crippen LogP contribution in [0.3, 0.4) is 0 Å². The maximum atomic E-state index is 5.22. The van der Waals surface area contributed by atoms with Crippen LogP contribution in [0.25, 0.3) is 0 Å². The molecule has 0 aliphatic rings. The molecule has 0 unspecified atom stereocenters. The van der Waals surface area contributed by atoms with Gasteiger partial charge in [-0.1, -0.05) is 6.92 Å². The molecule has 0 atom stereocenters. The SMILES string of the molecule is CCCn1ccnc1.CCO[SiH](OCC)OCC. The van der Waals surface area contributed by atoms with E-state index in [9.17, 15) is 0 Å². The highest BCUT2D eigenvalue weighted by molar-refractivity contribution is 6.36. The van der Waals surface area contributed by atoms with E-state index < -0.39 is 9.53 Å². The van der Waals surface area contributed by atoms with Gasteiger partial charge in [-0.05, 0) is 27.2 Å². The summed E-state index contributed by atoms with van der Waals surface area (Å²) in [4.78, 5) is 3.90. The highest BCUT2D eigenvalue weighted by Gasteiger charge is 2.11. The lowest BCUT2D eigenvalue weighted by Gasteiger charge is -2.12. The fourth-order valence-corrected chi connectivity index (χ4v) is 2.33. The average Bonchev–Trinajstić information content (AvgIpc) is 2.84. The van der Waals surface area contributed by atoms with E-state index in [1.807, 2.05) is 33.3 Å². The van der Waals surface area contributed by atoms with Crippen molar-refractivity contribution in [2.75, 3.05) is 19.8 Å². The van der Waals surface area contributed by atoms with E-state index >= 15 is 0 Å². The molecule has 1 aromatic heterocycles. The van der Waals surface area contributed by atoms with Crippen LogP contribution in [-0.2, 0) is 19.8 Å². The second kappa shape index (κ2) is 12.8. The van der Waals surface area contributed by atoms with E-state index in [0.717, 1.165) is 6.54 Å². The number of hydrogen-bond donors (Lipinski definition) is 0. The topological polar surface area (TPSA) is 45.5 Å². The number of imidazole rings is 1. The van der Waals surface area contributed by atoms with Crippen LogP contribution in [-0.4, -0.2) is 38.9 Å². The fourth-order valence-electron chi connectivity index (χ4n) is 1.23. The van der Waals surface area contributed by atoms with Crippen molar-refractivity contribution in [2.45, 2.75) is 40.7 Å². The Morgan fingerprint density at radius 2 is 1.56 bits per heavy atom. The van der Waals surface area contributed by atoms with Gasteiger partial charge >= 0.3 is 9.53 Å². The van der Waals surface area contributed by atoms with Gasteiger partial charge in [0, 0.05) is 38.8 Å². The summed E-state index contributed by atoms with van der Waals surface area (Å²) in [6.07, 6.45) is 6.79. The van der Waals surface area contributed by atoms with Crippen LogP contribution in [0.5, 0.6) is 0 Å². The number of aromatic nitrogens is 2. The van der Waals surface area contributed by atoms with Crippen LogP contribution in [0, 0.1) is 0 Å². The number of rotatable bonds is 8. The van der Waals surface area contributed by atoms with E-state index in [-0.39, 0.29) is 0 Å². The second-order valence-corrected chi connectivity index (χ2v) is 5.03. The quantitative estimate of drug-likeness (QED) is 0.681. The molecule has 0 bridgehead atoms. The van der Waals surface area contributed by atoms with E-state index in [4.69, 9.17) is 13.3 Å². The molecule has 1 aromatic rings.